The molecule has 116 valence electrons. The number of halogens is 5. The van der Waals surface area contributed by atoms with E-state index in [0.29, 0.717) is 16.8 Å². The van der Waals surface area contributed by atoms with E-state index in [0.717, 1.165) is 0 Å². The fourth-order valence-electron chi connectivity index (χ4n) is 1.53. The lowest BCUT2D eigenvalue weighted by Crippen LogP contribution is -2.18. The van der Waals surface area contributed by atoms with Gasteiger partial charge >= 0.3 is 12.1 Å². The predicted molar refractivity (Wildman–Crippen MR) is 72.6 cm³/mol. The SMILES string of the molecule is O=C(OCc1ccc(Cl)cc1)c1cnc(Cl)nc1C(F)(F)F. The third kappa shape index (κ3) is 4.08. The Bertz CT molecular complexity index is 691. The van der Waals surface area contributed by atoms with Crippen LogP contribution in [0.4, 0.5) is 13.2 Å². The number of nitrogens with zero attached hydrogens (tertiary/aromatic N) is 2. The van der Waals surface area contributed by atoms with Gasteiger partial charge in [-0.3, -0.25) is 0 Å². The monoisotopic (exact) mass is 350 g/mol. The molecule has 1 heterocycles. The van der Waals surface area contributed by atoms with Crippen molar-refractivity contribution in [3.63, 3.8) is 0 Å². The molecule has 0 radical (unpaired) electrons. The lowest BCUT2D eigenvalue weighted by atomic mass is 10.2. The van der Waals surface area contributed by atoms with Gasteiger partial charge in [-0.05, 0) is 29.3 Å². The summed E-state index contributed by atoms with van der Waals surface area (Å²) in [5.74, 6) is -1.20. The van der Waals surface area contributed by atoms with Gasteiger partial charge in [-0.2, -0.15) is 13.2 Å². The van der Waals surface area contributed by atoms with E-state index in [1.54, 1.807) is 24.3 Å². The number of esters is 1. The Morgan fingerprint density at radius 2 is 1.82 bits per heavy atom. The van der Waals surface area contributed by atoms with Gasteiger partial charge in [0.05, 0.1) is 0 Å². The number of alkyl halides is 3. The summed E-state index contributed by atoms with van der Waals surface area (Å²) < 4.78 is 43.3. The number of rotatable bonds is 3. The molecule has 4 nitrogen and oxygen atoms in total. The molecule has 0 unspecified atom stereocenters. The number of hydrogen-bond donors (Lipinski definition) is 0. The summed E-state index contributed by atoms with van der Waals surface area (Å²) in [7, 11) is 0. The minimum atomic E-state index is -4.85. The minimum Gasteiger partial charge on any atom is -0.457 e. The van der Waals surface area contributed by atoms with Crippen LogP contribution in [0.2, 0.25) is 10.3 Å². The Morgan fingerprint density at radius 1 is 1.18 bits per heavy atom. The van der Waals surface area contributed by atoms with Crippen LogP contribution in [0.1, 0.15) is 21.6 Å². The number of carbonyl (C=O) groups is 1. The molecule has 2 aromatic rings. The van der Waals surface area contributed by atoms with Crippen molar-refractivity contribution in [2.24, 2.45) is 0 Å². The van der Waals surface area contributed by atoms with Crippen LogP contribution in [0, 0.1) is 0 Å². The number of benzene rings is 1. The lowest BCUT2D eigenvalue weighted by Gasteiger charge is -2.11. The van der Waals surface area contributed by atoms with Crippen LogP contribution in [0.25, 0.3) is 0 Å². The molecule has 0 atom stereocenters. The highest BCUT2D eigenvalue weighted by Crippen LogP contribution is 2.31. The summed E-state index contributed by atoms with van der Waals surface area (Å²) in [6.45, 7) is -0.212. The Kier molecular flexibility index (Phi) is 4.87. The second-order valence-corrected chi connectivity index (χ2v) is 4.88. The largest absolute Gasteiger partial charge is 0.457 e. The molecule has 0 spiro atoms. The minimum absolute atomic E-state index is 0.212. The molecule has 0 aliphatic heterocycles. The first-order chi connectivity index (χ1) is 10.3. The molecule has 0 fully saturated rings. The standard InChI is InChI=1S/C13H7Cl2F3N2O2/c14-8-3-1-7(2-4-8)6-22-11(21)9-5-19-12(15)20-10(9)13(16,17)18/h1-5H,6H2. The van der Waals surface area contributed by atoms with Crippen molar-refractivity contribution in [2.45, 2.75) is 12.8 Å². The predicted octanol–water partition coefficient (Wildman–Crippen LogP) is 4.16. The van der Waals surface area contributed by atoms with E-state index in [4.69, 9.17) is 27.9 Å². The average Bonchev–Trinajstić information content (AvgIpc) is 2.45. The number of aromatic nitrogens is 2. The van der Waals surface area contributed by atoms with Crippen molar-refractivity contribution >= 4 is 29.2 Å². The van der Waals surface area contributed by atoms with Crippen LogP contribution in [0.5, 0.6) is 0 Å². The van der Waals surface area contributed by atoms with Crippen LogP contribution in [-0.4, -0.2) is 15.9 Å². The van der Waals surface area contributed by atoms with E-state index in [1.807, 2.05) is 0 Å². The second-order valence-electron chi connectivity index (χ2n) is 4.10. The quantitative estimate of drug-likeness (QED) is 0.616. The number of ether oxygens (including phenoxy) is 1. The lowest BCUT2D eigenvalue weighted by molar-refractivity contribution is -0.141. The molecular formula is C13H7Cl2F3N2O2. The normalized spacial score (nSPS) is 11.3. The van der Waals surface area contributed by atoms with Gasteiger partial charge in [0, 0.05) is 11.2 Å². The number of carbonyl (C=O) groups excluding carboxylic acids is 1. The molecule has 0 aliphatic carbocycles. The van der Waals surface area contributed by atoms with Crippen molar-refractivity contribution < 1.29 is 22.7 Å². The molecule has 0 saturated heterocycles. The molecule has 1 aromatic carbocycles. The van der Waals surface area contributed by atoms with Crippen LogP contribution < -0.4 is 0 Å². The fourth-order valence-corrected chi connectivity index (χ4v) is 1.79. The maximum atomic E-state index is 12.8. The summed E-state index contributed by atoms with van der Waals surface area (Å²) in [4.78, 5) is 18.2. The molecule has 9 heteroatoms. The molecule has 0 N–H and O–H groups in total. The summed E-state index contributed by atoms with van der Waals surface area (Å²) in [6.07, 6.45) is -4.16. The zero-order chi connectivity index (χ0) is 16.3. The van der Waals surface area contributed by atoms with Gasteiger partial charge in [0.25, 0.3) is 0 Å². The van der Waals surface area contributed by atoms with Gasteiger partial charge in [-0.1, -0.05) is 23.7 Å². The van der Waals surface area contributed by atoms with Gasteiger partial charge in [0.15, 0.2) is 5.69 Å². The van der Waals surface area contributed by atoms with Gasteiger partial charge in [-0.15, -0.1) is 0 Å². The zero-order valence-electron chi connectivity index (χ0n) is 10.7. The summed E-state index contributed by atoms with van der Waals surface area (Å²) in [5.41, 5.74) is -1.67. The third-order valence-corrected chi connectivity index (χ3v) is 2.97. The van der Waals surface area contributed by atoms with Crippen LogP contribution in [0.15, 0.2) is 30.5 Å². The first-order valence-electron chi connectivity index (χ1n) is 5.78. The van der Waals surface area contributed by atoms with Crippen molar-refractivity contribution in [2.75, 3.05) is 0 Å². The molecule has 22 heavy (non-hydrogen) atoms. The molecule has 0 bridgehead atoms. The highest BCUT2D eigenvalue weighted by molar-refractivity contribution is 6.30. The first kappa shape index (κ1) is 16.5. The summed E-state index contributed by atoms with van der Waals surface area (Å²) in [5, 5.41) is -0.123. The van der Waals surface area contributed by atoms with Crippen molar-refractivity contribution in [3.05, 3.63) is 57.6 Å². The smallest absolute Gasteiger partial charge is 0.434 e. The van der Waals surface area contributed by atoms with Crippen LogP contribution in [0.3, 0.4) is 0 Å². The van der Waals surface area contributed by atoms with E-state index >= 15 is 0 Å². The Hall–Kier alpha value is -1.86. The number of hydrogen-bond acceptors (Lipinski definition) is 4. The Balaban J connectivity index is 2.17. The van der Waals surface area contributed by atoms with E-state index in [9.17, 15) is 18.0 Å². The third-order valence-electron chi connectivity index (χ3n) is 2.53. The van der Waals surface area contributed by atoms with Crippen molar-refractivity contribution in [1.82, 2.24) is 9.97 Å². The van der Waals surface area contributed by atoms with Crippen LogP contribution in [-0.2, 0) is 17.5 Å². The van der Waals surface area contributed by atoms with Gasteiger partial charge < -0.3 is 4.74 Å². The molecule has 0 aliphatic rings. The summed E-state index contributed by atoms with van der Waals surface area (Å²) >= 11 is 11.0. The van der Waals surface area contributed by atoms with E-state index < -0.39 is 28.7 Å². The molecule has 0 amide bonds. The zero-order valence-corrected chi connectivity index (χ0v) is 12.2. The molecule has 1 aromatic heterocycles. The molecule has 2 rings (SSSR count). The van der Waals surface area contributed by atoms with Gasteiger partial charge in [0.1, 0.15) is 12.2 Å². The highest BCUT2D eigenvalue weighted by Gasteiger charge is 2.38. The Labute approximate surface area is 132 Å². The van der Waals surface area contributed by atoms with E-state index in [2.05, 4.69) is 9.97 Å². The fraction of sp³-hybridized carbons (Fsp3) is 0.154. The highest BCUT2D eigenvalue weighted by atomic mass is 35.5. The van der Waals surface area contributed by atoms with Gasteiger partial charge in [-0.25, -0.2) is 14.8 Å². The average molecular weight is 351 g/mol. The maximum Gasteiger partial charge on any atom is 0.434 e. The van der Waals surface area contributed by atoms with Crippen molar-refractivity contribution in [3.8, 4) is 0 Å². The Morgan fingerprint density at radius 3 is 2.41 bits per heavy atom. The van der Waals surface area contributed by atoms with E-state index in [1.165, 1.54) is 0 Å². The van der Waals surface area contributed by atoms with Gasteiger partial charge in [0.2, 0.25) is 5.28 Å². The maximum absolute atomic E-state index is 12.8. The van der Waals surface area contributed by atoms with Crippen LogP contribution >= 0.6 is 23.2 Å². The first-order valence-corrected chi connectivity index (χ1v) is 6.54. The topological polar surface area (TPSA) is 52.1 Å². The van der Waals surface area contributed by atoms with E-state index in [-0.39, 0.29) is 6.61 Å². The second kappa shape index (κ2) is 6.50. The van der Waals surface area contributed by atoms with Crippen molar-refractivity contribution in [1.29, 1.82) is 0 Å². The molecule has 0 saturated carbocycles. The molecular weight excluding hydrogens is 344 g/mol. The summed E-state index contributed by atoms with van der Waals surface area (Å²) in [6, 6.07) is 6.30.